The lowest BCUT2D eigenvalue weighted by atomic mass is 10.1. The zero-order valence-corrected chi connectivity index (χ0v) is 10.9. The van der Waals surface area contributed by atoms with Crippen molar-refractivity contribution in [1.29, 1.82) is 0 Å². The molecule has 2 N–H and O–H groups in total. The maximum atomic E-state index is 5.89. The topological polar surface area (TPSA) is 74.2 Å². The Kier molecular flexibility index (Phi) is 3.21. The van der Waals surface area contributed by atoms with E-state index in [1.165, 1.54) is 0 Å². The molecule has 0 spiro atoms. The zero-order chi connectivity index (χ0) is 13.2. The summed E-state index contributed by atoms with van der Waals surface area (Å²) in [6.45, 7) is 3.59. The maximum absolute atomic E-state index is 5.89. The first-order valence-electron chi connectivity index (χ1n) is 6.49. The van der Waals surface area contributed by atoms with Gasteiger partial charge < -0.3 is 15.0 Å². The van der Waals surface area contributed by atoms with Gasteiger partial charge in [0.2, 0.25) is 11.7 Å². The van der Waals surface area contributed by atoms with Crippen molar-refractivity contribution in [3.8, 4) is 11.4 Å². The molecule has 1 aliphatic rings. The number of aromatic nitrogens is 2. The number of nitrogens with zero attached hydrogens (tertiary/aromatic N) is 2. The van der Waals surface area contributed by atoms with Gasteiger partial charge >= 0.3 is 0 Å². The van der Waals surface area contributed by atoms with Crippen LogP contribution in [0.4, 0.5) is 5.69 Å². The van der Waals surface area contributed by atoms with Gasteiger partial charge in [-0.05, 0) is 30.9 Å². The minimum absolute atomic E-state index is 0.497. The third-order valence-electron chi connectivity index (χ3n) is 3.49. The van der Waals surface area contributed by atoms with Crippen molar-refractivity contribution >= 4 is 5.69 Å². The molecule has 0 aliphatic carbocycles. The van der Waals surface area contributed by atoms with E-state index in [1.807, 2.05) is 25.1 Å². The van der Waals surface area contributed by atoms with Crippen LogP contribution in [-0.2, 0) is 11.2 Å². The van der Waals surface area contributed by atoms with Gasteiger partial charge in [-0.1, -0.05) is 17.3 Å². The van der Waals surface area contributed by atoms with Crippen molar-refractivity contribution in [3.63, 3.8) is 0 Å². The van der Waals surface area contributed by atoms with E-state index >= 15 is 0 Å². The number of ether oxygens (including phenoxy) is 1. The second-order valence-corrected chi connectivity index (χ2v) is 5.02. The van der Waals surface area contributed by atoms with E-state index in [0.29, 0.717) is 17.6 Å². The minimum atomic E-state index is 0.497. The van der Waals surface area contributed by atoms with Crippen LogP contribution in [0.2, 0.25) is 0 Å². The molecule has 2 aromatic rings. The lowest BCUT2D eigenvalue weighted by Gasteiger charge is -2.01. The molecule has 1 aromatic carbocycles. The fourth-order valence-electron chi connectivity index (χ4n) is 2.23. The van der Waals surface area contributed by atoms with Gasteiger partial charge in [0, 0.05) is 30.9 Å². The number of anilines is 1. The Bertz CT molecular complexity index is 574. The average Bonchev–Trinajstić information content (AvgIpc) is 3.05. The molecule has 19 heavy (non-hydrogen) atoms. The number of nitrogen functional groups attached to an aromatic ring is 1. The minimum Gasteiger partial charge on any atom is -0.398 e. The summed E-state index contributed by atoms with van der Waals surface area (Å²) in [5, 5.41) is 4.02. The van der Waals surface area contributed by atoms with Crippen LogP contribution in [0.5, 0.6) is 0 Å². The second-order valence-electron chi connectivity index (χ2n) is 5.02. The van der Waals surface area contributed by atoms with Crippen LogP contribution in [0.25, 0.3) is 11.4 Å². The summed E-state index contributed by atoms with van der Waals surface area (Å²) in [5.41, 5.74) is 8.58. The molecule has 0 amide bonds. The Morgan fingerprint density at radius 1 is 1.42 bits per heavy atom. The molecular formula is C14H17N3O2. The predicted octanol–water partition coefficient (Wildman–Crippen LogP) is 2.21. The second kappa shape index (κ2) is 5.01. The summed E-state index contributed by atoms with van der Waals surface area (Å²) < 4.78 is 10.6. The summed E-state index contributed by atoms with van der Waals surface area (Å²) >= 11 is 0. The van der Waals surface area contributed by atoms with Gasteiger partial charge in [-0.25, -0.2) is 0 Å². The average molecular weight is 259 g/mol. The number of benzene rings is 1. The highest BCUT2D eigenvalue weighted by Gasteiger charge is 2.19. The van der Waals surface area contributed by atoms with E-state index in [1.54, 1.807) is 0 Å². The number of hydrogen-bond acceptors (Lipinski definition) is 5. The van der Waals surface area contributed by atoms with E-state index in [2.05, 4.69) is 10.1 Å². The largest absolute Gasteiger partial charge is 0.398 e. The van der Waals surface area contributed by atoms with Gasteiger partial charge in [0.1, 0.15) is 0 Å². The van der Waals surface area contributed by atoms with Crippen molar-refractivity contribution in [2.24, 2.45) is 5.92 Å². The molecule has 0 radical (unpaired) electrons. The quantitative estimate of drug-likeness (QED) is 0.855. The van der Waals surface area contributed by atoms with Crippen molar-refractivity contribution < 1.29 is 9.26 Å². The van der Waals surface area contributed by atoms with Gasteiger partial charge in [0.25, 0.3) is 0 Å². The van der Waals surface area contributed by atoms with Crippen LogP contribution in [-0.4, -0.2) is 23.4 Å². The standard InChI is InChI=1S/C14H17N3O2/c1-9-2-3-11(7-12(9)15)14-16-13(19-17-14)6-10-4-5-18-8-10/h2-3,7,10H,4-6,8,15H2,1H3/t10-/m1/s1. The Balaban J connectivity index is 1.78. The third kappa shape index (κ3) is 2.61. The number of rotatable bonds is 3. The normalized spacial score (nSPS) is 18.9. The molecule has 0 unspecified atom stereocenters. The molecule has 5 heteroatoms. The Hall–Kier alpha value is -1.88. The molecule has 0 saturated carbocycles. The first-order chi connectivity index (χ1) is 9.22. The molecular weight excluding hydrogens is 242 g/mol. The smallest absolute Gasteiger partial charge is 0.227 e. The van der Waals surface area contributed by atoms with Gasteiger partial charge in [-0.2, -0.15) is 4.98 Å². The fraction of sp³-hybridized carbons (Fsp3) is 0.429. The lowest BCUT2D eigenvalue weighted by Crippen LogP contribution is -2.03. The van der Waals surface area contributed by atoms with Crippen molar-refractivity contribution in [1.82, 2.24) is 10.1 Å². The van der Waals surface area contributed by atoms with Gasteiger partial charge in [0.05, 0.1) is 0 Å². The predicted molar refractivity (Wildman–Crippen MR) is 71.5 cm³/mol. The summed E-state index contributed by atoms with van der Waals surface area (Å²) in [4.78, 5) is 4.43. The van der Waals surface area contributed by atoms with Crippen LogP contribution in [0, 0.1) is 12.8 Å². The molecule has 3 rings (SSSR count). The molecule has 1 fully saturated rings. The van der Waals surface area contributed by atoms with Crippen LogP contribution >= 0.6 is 0 Å². The maximum Gasteiger partial charge on any atom is 0.227 e. The van der Waals surface area contributed by atoms with Crippen molar-refractivity contribution in [2.45, 2.75) is 19.8 Å². The van der Waals surface area contributed by atoms with Crippen LogP contribution in [0.1, 0.15) is 17.9 Å². The van der Waals surface area contributed by atoms with E-state index in [9.17, 15) is 0 Å². The highest BCUT2D eigenvalue weighted by atomic mass is 16.5. The zero-order valence-electron chi connectivity index (χ0n) is 10.9. The molecule has 5 nitrogen and oxygen atoms in total. The Labute approximate surface area is 111 Å². The molecule has 0 bridgehead atoms. The molecule has 1 saturated heterocycles. The third-order valence-corrected chi connectivity index (χ3v) is 3.49. The lowest BCUT2D eigenvalue weighted by molar-refractivity contribution is 0.183. The van der Waals surface area contributed by atoms with E-state index in [0.717, 1.165) is 42.9 Å². The summed E-state index contributed by atoms with van der Waals surface area (Å²) in [6, 6.07) is 5.80. The van der Waals surface area contributed by atoms with Crippen LogP contribution < -0.4 is 5.73 Å². The Morgan fingerprint density at radius 2 is 2.32 bits per heavy atom. The number of hydrogen-bond donors (Lipinski definition) is 1. The first-order valence-corrected chi connectivity index (χ1v) is 6.49. The highest BCUT2D eigenvalue weighted by Crippen LogP contribution is 2.23. The molecule has 1 aliphatic heterocycles. The van der Waals surface area contributed by atoms with E-state index in [4.69, 9.17) is 15.0 Å². The van der Waals surface area contributed by atoms with E-state index < -0.39 is 0 Å². The van der Waals surface area contributed by atoms with Crippen LogP contribution in [0.15, 0.2) is 22.7 Å². The highest BCUT2D eigenvalue weighted by molar-refractivity contribution is 5.63. The first kappa shape index (κ1) is 12.2. The van der Waals surface area contributed by atoms with Gasteiger partial charge in [0.15, 0.2) is 0 Å². The summed E-state index contributed by atoms with van der Waals surface area (Å²) in [5.74, 6) is 1.77. The van der Waals surface area contributed by atoms with Crippen molar-refractivity contribution in [3.05, 3.63) is 29.7 Å². The fourth-order valence-corrected chi connectivity index (χ4v) is 2.23. The number of nitrogens with two attached hydrogens (primary N) is 1. The van der Waals surface area contributed by atoms with Crippen LogP contribution in [0.3, 0.4) is 0 Å². The van der Waals surface area contributed by atoms with Gasteiger partial charge in [-0.15, -0.1) is 0 Å². The van der Waals surface area contributed by atoms with Crippen molar-refractivity contribution in [2.75, 3.05) is 18.9 Å². The SMILES string of the molecule is Cc1ccc(-c2noc(C[C@H]3CCOC3)n2)cc1N. The van der Waals surface area contributed by atoms with E-state index in [-0.39, 0.29) is 0 Å². The summed E-state index contributed by atoms with van der Waals surface area (Å²) in [7, 11) is 0. The molecule has 1 aromatic heterocycles. The van der Waals surface area contributed by atoms with Gasteiger partial charge in [-0.3, -0.25) is 0 Å². The number of aryl methyl sites for hydroxylation is 1. The molecule has 2 heterocycles. The monoisotopic (exact) mass is 259 g/mol. The summed E-state index contributed by atoms with van der Waals surface area (Å²) in [6.07, 6.45) is 1.85. The molecule has 1 atom stereocenters. The molecule has 100 valence electrons. The Morgan fingerprint density at radius 3 is 3.05 bits per heavy atom.